The monoisotopic (exact) mass is 442 g/mol. The van der Waals surface area contributed by atoms with Crippen LogP contribution in [0.5, 0.6) is 0 Å². The lowest BCUT2D eigenvalue weighted by Gasteiger charge is -2.37. The first-order chi connectivity index (χ1) is 14.1. The molecule has 1 unspecified atom stereocenters. The van der Waals surface area contributed by atoms with E-state index in [-0.39, 0.29) is 11.5 Å². The molecular weight excluding hydrogens is 416 g/mol. The van der Waals surface area contributed by atoms with Gasteiger partial charge in [0.05, 0.1) is 5.56 Å². The van der Waals surface area contributed by atoms with Crippen LogP contribution in [0, 0.1) is 17.7 Å². The smallest absolute Gasteiger partial charge is 0.352 e. The predicted molar refractivity (Wildman–Crippen MR) is 110 cm³/mol. The summed E-state index contributed by atoms with van der Waals surface area (Å²) in [5, 5.41) is 4.77. The van der Waals surface area contributed by atoms with E-state index in [0.717, 1.165) is 31.7 Å². The van der Waals surface area contributed by atoms with Gasteiger partial charge in [0, 0.05) is 23.0 Å². The lowest BCUT2D eigenvalue weighted by Crippen LogP contribution is -2.34. The van der Waals surface area contributed by atoms with Gasteiger partial charge in [-0.1, -0.05) is 6.07 Å². The average molecular weight is 443 g/mol. The Kier molecular flexibility index (Phi) is 7.18. The zero-order chi connectivity index (χ0) is 21.9. The molecule has 1 heterocycles. The SMILES string of the molecule is CN(C)C(c1cccs1)C1CCC(CNC(=O)c2cc(F)cc(C(F)(F)F)c2)CC1. The molecule has 1 fully saturated rings. The molecule has 2 aromatic rings. The Morgan fingerprint density at radius 3 is 2.47 bits per heavy atom. The molecule has 1 aliphatic carbocycles. The third kappa shape index (κ3) is 5.60. The van der Waals surface area contributed by atoms with Crippen LogP contribution in [0.1, 0.15) is 52.5 Å². The predicted octanol–water partition coefficient (Wildman–Crippen LogP) is 5.75. The van der Waals surface area contributed by atoms with Crippen molar-refractivity contribution in [3.63, 3.8) is 0 Å². The van der Waals surface area contributed by atoms with Crippen LogP contribution < -0.4 is 5.32 Å². The van der Waals surface area contributed by atoms with E-state index in [9.17, 15) is 22.4 Å². The van der Waals surface area contributed by atoms with Gasteiger partial charge in [-0.3, -0.25) is 4.79 Å². The van der Waals surface area contributed by atoms with Crippen LogP contribution >= 0.6 is 11.3 Å². The fraction of sp³-hybridized carbons (Fsp3) is 0.500. The van der Waals surface area contributed by atoms with Crippen molar-refractivity contribution in [1.82, 2.24) is 10.2 Å². The molecule has 1 amide bonds. The first-order valence-electron chi connectivity index (χ1n) is 10.0. The summed E-state index contributed by atoms with van der Waals surface area (Å²) in [5.74, 6) is -0.944. The minimum atomic E-state index is -4.69. The molecule has 1 aliphatic rings. The minimum Gasteiger partial charge on any atom is -0.352 e. The van der Waals surface area contributed by atoms with Crippen LogP contribution in [0.3, 0.4) is 0 Å². The average Bonchev–Trinajstić information content (AvgIpc) is 3.20. The largest absolute Gasteiger partial charge is 0.416 e. The molecule has 1 aromatic heterocycles. The van der Waals surface area contributed by atoms with Crippen molar-refractivity contribution in [3.05, 3.63) is 57.5 Å². The number of halogens is 4. The number of hydrogen-bond acceptors (Lipinski definition) is 3. The van der Waals surface area contributed by atoms with Crippen LogP contribution in [0.4, 0.5) is 17.6 Å². The van der Waals surface area contributed by atoms with E-state index in [1.54, 1.807) is 11.3 Å². The van der Waals surface area contributed by atoms with E-state index in [4.69, 9.17) is 0 Å². The number of carbonyl (C=O) groups is 1. The Balaban J connectivity index is 1.55. The molecule has 3 rings (SSSR count). The second kappa shape index (κ2) is 9.47. The number of benzene rings is 1. The van der Waals surface area contributed by atoms with E-state index < -0.39 is 23.5 Å². The third-order valence-electron chi connectivity index (χ3n) is 5.77. The quantitative estimate of drug-likeness (QED) is 0.578. The highest BCUT2D eigenvalue weighted by Crippen LogP contribution is 2.40. The van der Waals surface area contributed by atoms with E-state index in [0.29, 0.717) is 30.6 Å². The van der Waals surface area contributed by atoms with Crippen molar-refractivity contribution in [2.75, 3.05) is 20.6 Å². The molecule has 0 radical (unpaired) electrons. The van der Waals surface area contributed by atoms with E-state index >= 15 is 0 Å². The second-order valence-corrected chi connectivity index (χ2v) is 9.12. The third-order valence-corrected chi connectivity index (χ3v) is 6.71. The van der Waals surface area contributed by atoms with Crippen molar-refractivity contribution in [2.45, 2.75) is 37.9 Å². The van der Waals surface area contributed by atoms with E-state index in [2.05, 4.69) is 41.8 Å². The van der Waals surface area contributed by atoms with Gasteiger partial charge in [0.1, 0.15) is 5.82 Å². The topological polar surface area (TPSA) is 32.3 Å². The zero-order valence-electron chi connectivity index (χ0n) is 17.0. The molecule has 0 spiro atoms. The Labute approximate surface area is 178 Å². The van der Waals surface area contributed by atoms with Crippen molar-refractivity contribution < 1.29 is 22.4 Å². The van der Waals surface area contributed by atoms with Crippen LogP contribution in [0.15, 0.2) is 35.7 Å². The summed E-state index contributed by atoms with van der Waals surface area (Å²) in [4.78, 5) is 15.9. The van der Waals surface area contributed by atoms with Gasteiger partial charge >= 0.3 is 6.18 Å². The summed E-state index contributed by atoms with van der Waals surface area (Å²) in [7, 11) is 4.18. The maximum atomic E-state index is 13.5. The number of thiophene rings is 1. The van der Waals surface area contributed by atoms with E-state index in [1.165, 1.54) is 4.88 Å². The number of hydrogen-bond donors (Lipinski definition) is 1. The van der Waals surface area contributed by atoms with Crippen LogP contribution in [-0.4, -0.2) is 31.4 Å². The Morgan fingerprint density at radius 1 is 1.20 bits per heavy atom. The summed E-state index contributed by atoms with van der Waals surface area (Å²) in [6, 6.07) is 6.52. The number of amides is 1. The van der Waals surface area contributed by atoms with Gasteiger partial charge in [-0.2, -0.15) is 13.2 Å². The van der Waals surface area contributed by atoms with Crippen LogP contribution in [-0.2, 0) is 6.18 Å². The van der Waals surface area contributed by atoms with Gasteiger partial charge in [0.2, 0.25) is 0 Å². The Bertz CT molecular complexity index is 843. The molecule has 1 aromatic carbocycles. The summed E-state index contributed by atoms with van der Waals surface area (Å²) in [6.07, 6.45) is -0.755. The summed E-state index contributed by atoms with van der Waals surface area (Å²) >= 11 is 1.76. The maximum absolute atomic E-state index is 13.5. The first kappa shape index (κ1) is 22.7. The lowest BCUT2D eigenvalue weighted by molar-refractivity contribution is -0.137. The lowest BCUT2D eigenvalue weighted by atomic mass is 9.77. The maximum Gasteiger partial charge on any atom is 0.416 e. The normalized spacial score (nSPS) is 20.9. The van der Waals surface area contributed by atoms with Gasteiger partial charge in [0.25, 0.3) is 5.91 Å². The fourth-order valence-electron chi connectivity index (χ4n) is 4.30. The highest BCUT2D eigenvalue weighted by molar-refractivity contribution is 7.10. The Hall–Kier alpha value is -1.93. The number of rotatable bonds is 6. The molecule has 30 heavy (non-hydrogen) atoms. The number of nitrogens with zero attached hydrogens (tertiary/aromatic N) is 1. The highest BCUT2D eigenvalue weighted by Gasteiger charge is 2.33. The molecule has 8 heteroatoms. The molecule has 1 atom stereocenters. The van der Waals surface area contributed by atoms with Gasteiger partial charge in [-0.05, 0) is 81.3 Å². The highest BCUT2D eigenvalue weighted by atomic mass is 32.1. The minimum absolute atomic E-state index is 0.270. The molecule has 0 aliphatic heterocycles. The van der Waals surface area contributed by atoms with Gasteiger partial charge < -0.3 is 10.2 Å². The van der Waals surface area contributed by atoms with Gasteiger partial charge in [0.15, 0.2) is 0 Å². The fourth-order valence-corrected chi connectivity index (χ4v) is 5.31. The second-order valence-electron chi connectivity index (χ2n) is 8.14. The zero-order valence-corrected chi connectivity index (χ0v) is 17.8. The molecular formula is C22H26F4N2OS. The molecule has 0 bridgehead atoms. The molecule has 3 nitrogen and oxygen atoms in total. The van der Waals surface area contributed by atoms with Gasteiger partial charge in [-0.15, -0.1) is 11.3 Å². The molecule has 0 saturated heterocycles. The summed E-state index contributed by atoms with van der Waals surface area (Å²) < 4.78 is 52.1. The van der Waals surface area contributed by atoms with Gasteiger partial charge in [-0.25, -0.2) is 4.39 Å². The van der Waals surface area contributed by atoms with E-state index in [1.807, 2.05) is 0 Å². The number of alkyl halides is 3. The molecule has 1 saturated carbocycles. The van der Waals surface area contributed by atoms with Crippen LogP contribution in [0.2, 0.25) is 0 Å². The summed E-state index contributed by atoms with van der Waals surface area (Å²) in [6.45, 7) is 0.384. The number of carbonyl (C=O) groups excluding carboxylic acids is 1. The van der Waals surface area contributed by atoms with Crippen molar-refractivity contribution in [1.29, 1.82) is 0 Å². The van der Waals surface area contributed by atoms with Crippen molar-refractivity contribution in [2.24, 2.45) is 11.8 Å². The molecule has 164 valence electrons. The summed E-state index contributed by atoms with van der Waals surface area (Å²) in [5.41, 5.74) is -1.46. The standard InChI is InChI=1S/C22H26F4N2OS/c1-28(2)20(19-4-3-9-30-19)15-7-5-14(6-8-15)13-27-21(29)16-10-17(22(24,25)26)12-18(23)11-16/h3-4,9-12,14-15,20H,5-8,13H2,1-2H3,(H,27,29). The Morgan fingerprint density at radius 2 is 1.90 bits per heavy atom. The first-order valence-corrected chi connectivity index (χ1v) is 10.9. The number of nitrogens with one attached hydrogen (secondary N) is 1. The van der Waals surface area contributed by atoms with Crippen LogP contribution in [0.25, 0.3) is 0 Å². The van der Waals surface area contributed by atoms with Crippen molar-refractivity contribution >= 4 is 17.2 Å². The van der Waals surface area contributed by atoms with Crippen molar-refractivity contribution in [3.8, 4) is 0 Å². The molecule has 1 N–H and O–H groups in total.